The van der Waals surface area contributed by atoms with E-state index in [1.807, 2.05) is 0 Å². The molecule has 2 aromatic rings. The lowest BCUT2D eigenvalue weighted by Crippen LogP contribution is -2.57. The number of benzene rings is 1. The molecule has 0 radical (unpaired) electrons. The van der Waals surface area contributed by atoms with Crippen molar-refractivity contribution in [2.75, 3.05) is 13.1 Å². The van der Waals surface area contributed by atoms with E-state index in [-0.39, 0.29) is 31.4 Å². The van der Waals surface area contributed by atoms with Crippen molar-refractivity contribution < 1.29 is 29.4 Å². The zero-order valence-electron chi connectivity index (χ0n) is 23.1. The molecule has 1 heterocycles. The number of carboxylic acids is 1. The Morgan fingerprint density at radius 2 is 1.34 bits per heavy atom. The molecule has 14 nitrogen and oxygen atoms in total. The SMILES string of the molecule is NCCCCC(NC(=O)C(N)Cc1ccc(O)cc1)C(=O)NC(CCCCN)C(=O)NC(Cc1cnc[nH]1)C(=O)O. The fourth-order valence-electron chi connectivity index (χ4n) is 4.14. The maximum absolute atomic E-state index is 13.4. The van der Waals surface area contributed by atoms with Crippen LogP contribution < -0.4 is 33.2 Å². The molecule has 1 aromatic carbocycles. The van der Waals surface area contributed by atoms with Crippen LogP contribution in [-0.4, -0.2) is 81.1 Å². The molecule has 0 aliphatic carbocycles. The molecule has 226 valence electrons. The van der Waals surface area contributed by atoms with E-state index in [0.29, 0.717) is 44.5 Å². The average Bonchev–Trinajstić information content (AvgIpc) is 3.46. The summed E-state index contributed by atoms with van der Waals surface area (Å²) in [6, 6.07) is 2.00. The number of aromatic amines is 1. The van der Waals surface area contributed by atoms with Crippen molar-refractivity contribution in [3.05, 3.63) is 48.0 Å². The van der Waals surface area contributed by atoms with Gasteiger partial charge in [0.05, 0.1) is 12.4 Å². The maximum atomic E-state index is 13.4. The van der Waals surface area contributed by atoms with Gasteiger partial charge in [0.1, 0.15) is 23.9 Å². The van der Waals surface area contributed by atoms with Crippen LogP contribution in [0.1, 0.15) is 49.8 Å². The predicted molar refractivity (Wildman–Crippen MR) is 151 cm³/mol. The van der Waals surface area contributed by atoms with Crippen LogP contribution in [0.3, 0.4) is 0 Å². The monoisotopic (exact) mass is 574 g/mol. The first kappa shape index (κ1) is 33.2. The second kappa shape index (κ2) is 17.6. The minimum atomic E-state index is -1.25. The number of aliphatic carboxylic acids is 1. The molecule has 0 bridgehead atoms. The van der Waals surface area contributed by atoms with Gasteiger partial charge in [-0.25, -0.2) is 9.78 Å². The van der Waals surface area contributed by atoms with E-state index in [1.165, 1.54) is 24.7 Å². The Kier molecular flexibility index (Phi) is 14.3. The number of carbonyl (C=O) groups excluding carboxylic acids is 3. The highest BCUT2D eigenvalue weighted by Gasteiger charge is 2.30. The number of unbranched alkanes of at least 4 members (excludes halogenated alkanes) is 2. The third-order valence-corrected chi connectivity index (χ3v) is 6.48. The normalized spacial score (nSPS) is 13.9. The Morgan fingerprint density at radius 1 is 0.805 bits per heavy atom. The number of phenolic OH excluding ortho intramolecular Hbond substituents is 1. The van der Waals surface area contributed by atoms with E-state index in [2.05, 4.69) is 25.9 Å². The lowest BCUT2D eigenvalue weighted by atomic mass is 10.0. The smallest absolute Gasteiger partial charge is 0.326 e. The molecular formula is C27H42N8O6. The van der Waals surface area contributed by atoms with Crippen LogP contribution in [0, 0.1) is 0 Å². The van der Waals surface area contributed by atoms with Crippen molar-refractivity contribution in [2.24, 2.45) is 17.2 Å². The number of nitrogens with one attached hydrogen (secondary N) is 4. The minimum absolute atomic E-state index is 0.0266. The van der Waals surface area contributed by atoms with Crippen molar-refractivity contribution in [3.8, 4) is 5.75 Å². The Labute approximate surface area is 238 Å². The topological polar surface area (TPSA) is 252 Å². The van der Waals surface area contributed by atoms with Crippen molar-refractivity contribution in [3.63, 3.8) is 0 Å². The number of rotatable bonds is 19. The summed E-state index contributed by atoms with van der Waals surface area (Å²) in [6.07, 6.45) is 5.76. The van der Waals surface area contributed by atoms with Crippen LogP contribution >= 0.6 is 0 Å². The lowest BCUT2D eigenvalue weighted by molar-refractivity contribution is -0.142. The van der Waals surface area contributed by atoms with Gasteiger partial charge in [-0.05, 0) is 75.7 Å². The molecule has 12 N–H and O–H groups in total. The number of H-pyrrole nitrogens is 1. The Hall–Kier alpha value is -4.01. The summed E-state index contributed by atoms with van der Waals surface area (Å²) in [4.78, 5) is 57.9. The lowest BCUT2D eigenvalue weighted by Gasteiger charge is -2.25. The number of nitrogens with zero attached hydrogens (tertiary/aromatic N) is 1. The van der Waals surface area contributed by atoms with E-state index in [1.54, 1.807) is 12.1 Å². The molecule has 0 aliphatic heterocycles. The number of aromatic hydroxyl groups is 1. The number of amides is 3. The van der Waals surface area contributed by atoms with Crippen LogP contribution in [0.2, 0.25) is 0 Å². The van der Waals surface area contributed by atoms with Gasteiger partial charge in [-0.3, -0.25) is 14.4 Å². The first-order valence-corrected chi connectivity index (χ1v) is 13.7. The molecule has 4 unspecified atom stereocenters. The fraction of sp³-hybridized carbons (Fsp3) is 0.519. The fourth-order valence-corrected chi connectivity index (χ4v) is 4.14. The summed E-state index contributed by atoms with van der Waals surface area (Å²) in [5, 5.41) is 27.0. The Balaban J connectivity index is 2.12. The number of aromatic nitrogens is 2. The third-order valence-electron chi connectivity index (χ3n) is 6.48. The summed E-state index contributed by atoms with van der Waals surface area (Å²) < 4.78 is 0. The average molecular weight is 575 g/mol. The number of hydrogen-bond acceptors (Lipinski definition) is 9. The highest BCUT2D eigenvalue weighted by Crippen LogP contribution is 2.12. The molecule has 41 heavy (non-hydrogen) atoms. The van der Waals surface area contributed by atoms with Gasteiger partial charge < -0.3 is 48.3 Å². The van der Waals surface area contributed by atoms with E-state index in [9.17, 15) is 29.4 Å². The summed E-state index contributed by atoms with van der Waals surface area (Å²) in [6.45, 7) is 0.788. The van der Waals surface area contributed by atoms with Gasteiger partial charge in [0, 0.05) is 18.3 Å². The molecule has 0 saturated carbocycles. The molecule has 0 fully saturated rings. The van der Waals surface area contributed by atoms with Gasteiger partial charge in [0.25, 0.3) is 0 Å². The molecule has 0 spiro atoms. The van der Waals surface area contributed by atoms with Crippen LogP contribution in [0.15, 0.2) is 36.8 Å². The van der Waals surface area contributed by atoms with Crippen LogP contribution in [0.25, 0.3) is 0 Å². The molecule has 0 saturated heterocycles. The van der Waals surface area contributed by atoms with Gasteiger partial charge >= 0.3 is 5.97 Å². The second-order valence-electron chi connectivity index (χ2n) is 9.85. The van der Waals surface area contributed by atoms with Gasteiger partial charge in [-0.1, -0.05) is 12.1 Å². The zero-order chi connectivity index (χ0) is 30.2. The van der Waals surface area contributed by atoms with E-state index in [0.717, 1.165) is 5.56 Å². The number of imidazole rings is 1. The number of carbonyl (C=O) groups is 4. The number of phenols is 1. The van der Waals surface area contributed by atoms with E-state index < -0.39 is 47.9 Å². The van der Waals surface area contributed by atoms with Gasteiger partial charge in [0.2, 0.25) is 17.7 Å². The summed E-state index contributed by atoms with van der Waals surface area (Å²) in [5.41, 5.74) is 18.5. The molecule has 4 atom stereocenters. The molecule has 0 aliphatic rings. The Morgan fingerprint density at radius 3 is 1.83 bits per heavy atom. The quantitative estimate of drug-likeness (QED) is 0.0927. The van der Waals surface area contributed by atoms with Crippen LogP contribution in [0.5, 0.6) is 5.75 Å². The Bertz CT molecular complexity index is 1100. The number of hydrogen-bond donors (Lipinski definition) is 9. The maximum Gasteiger partial charge on any atom is 0.326 e. The van der Waals surface area contributed by atoms with Crippen molar-refractivity contribution >= 4 is 23.7 Å². The van der Waals surface area contributed by atoms with E-state index in [4.69, 9.17) is 17.2 Å². The standard InChI is InChI=1S/C27H42N8O6/c28-11-3-1-5-21(33-24(37)20(30)13-17-7-9-19(36)10-8-17)25(38)34-22(6-2-4-12-29)26(39)35-23(27(40)41)14-18-15-31-16-32-18/h7-10,15-16,20-23,36H,1-6,11-14,28-30H2,(H,31,32)(H,33,37)(H,34,38)(H,35,39)(H,40,41). The van der Waals surface area contributed by atoms with Crippen molar-refractivity contribution in [2.45, 2.75) is 75.5 Å². The number of carboxylic acid groups (broad SMARTS) is 1. The molecule has 14 heteroatoms. The number of nitrogens with two attached hydrogens (primary N) is 3. The predicted octanol–water partition coefficient (Wildman–Crippen LogP) is -0.975. The van der Waals surface area contributed by atoms with Gasteiger partial charge in [-0.2, -0.15) is 0 Å². The largest absolute Gasteiger partial charge is 0.508 e. The minimum Gasteiger partial charge on any atom is -0.508 e. The highest BCUT2D eigenvalue weighted by atomic mass is 16.4. The summed E-state index contributed by atoms with van der Waals surface area (Å²) in [5.74, 6) is -2.97. The van der Waals surface area contributed by atoms with Gasteiger partial charge in [-0.15, -0.1) is 0 Å². The first-order chi connectivity index (χ1) is 19.6. The molecule has 2 rings (SSSR count). The molecule has 1 aromatic heterocycles. The van der Waals surface area contributed by atoms with Crippen molar-refractivity contribution in [1.29, 1.82) is 0 Å². The van der Waals surface area contributed by atoms with Crippen LogP contribution in [0.4, 0.5) is 0 Å². The third kappa shape index (κ3) is 11.9. The second-order valence-corrected chi connectivity index (χ2v) is 9.85. The first-order valence-electron chi connectivity index (χ1n) is 13.7. The van der Waals surface area contributed by atoms with Crippen molar-refractivity contribution in [1.82, 2.24) is 25.9 Å². The zero-order valence-corrected chi connectivity index (χ0v) is 23.1. The summed E-state index contributed by atoms with van der Waals surface area (Å²) in [7, 11) is 0. The van der Waals surface area contributed by atoms with Crippen LogP contribution in [-0.2, 0) is 32.0 Å². The van der Waals surface area contributed by atoms with E-state index >= 15 is 0 Å². The highest BCUT2D eigenvalue weighted by molar-refractivity contribution is 5.94. The molecule has 3 amide bonds. The molecular weight excluding hydrogens is 532 g/mol. The van der Waals surface area contributed by atoms with Gasteiger partial charge in [0.15, 0.2) is 0 Å². The summed E-state index contributed by atoms with van der Waals surface area (Å²) >= 11 is 0.